The van der Waals surface area contributed by atoms with Crippen molar-refractivity contribution in [2.45, 2.75) is 26.7 Å². The van der Waals surface area contributed by atoms with Gasteiger partial charge in [-0.2, -0.15) is 0 Å². The first kappa shape index (κ1) is 15.3. The van der Waals surface area contributed by atoms with Gasteiger partial charge in [0.1, 0.15) is 0 Å². The van der Waals surface area contributed by atoms with Gasteiger partial charge in [-0.15, -0.1) is 0 Å². The van der Waals surface area contributed by atoms with E-state index in [1.54, 1.807) is 6.07 Å². The third-order valence-corrected chi connectivity index (χ3v) is 4.11. The van der Waals surface area contributed by atoms with Crippen LogP contribution in [0.1, 0.15) is 35.7 Å². The van der Waals surface area contributed by atoms with Gasteiger partial charge in [0, 0.05) is 23.7 Å². The number of hydrogen-bond donors (Lipinski definition) is 1. The number of aryl methyl sites for hydroxylation is 1. The average Bonchev–Trinajstić information content (AvgIpc) is 2.44. The van der Waals surface area contributed by atoms with Gasteiger partial charge in [0.05, 0.1) is 0 Å². The van der Waals surface area contributed by atoms with Crippen LogP contribution in [0.15, 0.2) is 18.2 Å². The van der Waals surface area contributed by atoms with Crippen LogP contribution in [0.25, 0.3) is 0 Å². The highest BCUT2D eigenvalue weighted by molar-refractivity contribution is 6.31. The van der Waals surface area contributed by atoms with Crippen molar-refractivity contribution in [1.29, 1.82) is 0 Å². The molecule has 1 aromatic rings. The first-order valence-electron chi connectivity index (χ1n) is 7.37. The Balaban J connectivity index is 2.07. The monoisotopic (exact) mass is 294 g/mol. The van der Waals surface area contributed by atoms with E-state index in [2.05, 4.69) is 5.32 Å². The third kappa shape index (κ3) is 3.97. The minimum Gasteiger partial charge on any atom is -0.339 e. The molecule has 1 N–H and O–H groups in total. The Labute approximate surface area is 126 Å². The fourth-order valence-corrected chi connectivity index (χ4v) is 3.06. The van der Waals surface area contributed by atoms with Crippen LogP contribution < -0.4 is 5.32 Å². The standard InChI is InChI=1S/C16H23ClN2O/c1-3-19(11-13-4-6-18-7-5-13)16(20)14-8-12(2)9-15(17)10-14/h8-10,13,18H,3-7,11H2,1-2H3. The molecule has 0 unspecified atom stereocenters. The van der Waals surface area contributed by atoms with E-state index >= 15 is 0 Å². The van der Waals surface area contributed by atoms with Gasteiger partial charge in [-0.05, 0) is 69.5 Å². The fraction of sp³-hybridized carbons (Fsp3) is 0.562. The fourth-order valence-electron chi connectivity index (χ4n) is 2.77. The molecular formula is C16H23ClN2O. The summed E-state index contributed by atoms with van der Waals surface area (Å²) in [5.74, 6) is 0.706. The maximum Gasteiger partial charge on any atom is 0.253 e. The lowest BCUT2D eigenvalue weighted by molar-refractivity contribution is 0.0726. The van der Waals surface area contributed by atoms with E-state index in [-0.39, 0.29) is 5.91 Å². The Bertz CT molecular complexity index is 449. The topological polar surface area (TPSA) is 32.3 Å². The number of halogens is 1. The Morgan fingerprint density at radius 1 is 1.35 bits per heavy atom. The number of amides is 1. The van der Waals surface area contributed by atoms with Gasteiger partial charge in [-0.25, -0.2) is 0 Å². The van der Waals surface area contributed by atoms with Crippen LogP contribution >= 0.6 is 11.6 Å². The first-order chi connectivity index (χ1) is 9.60. The molecule has 1 saturated heterocycles. The van der Waals surface area contributed by atoms with Crippen LogP contribution in [0.3, 0.4) is 0 Å². The molecule has 0 saturated carbocycles. The molecule has 0 radical (unpaired) electrons. The summed E-state index contributed by atoms with van der Waals surface area (Å²) < 4.78 is 0. The van der Waals surface area contributed by atoms with Crippen molar-refractivity contribution in [3.63, 3.8) is 0 Å². The second-order valence-corrected chi connectivity index (χ2v) is 5.99. The van der Waals surface area contributed by atoms with E-state index in [1.807, 2.05) is 30.9 Å². The number of carbonyl (C=O) groups is 1. The van der Waals surface area contributed by atoms with Crippen molar-refractivity contribution >= 4 is 17.5 Å². The number of rotatable bonds is 4. The Morgan fingerprint density at radius 2 is 2.05 bits per heavy atom. The van der Waals surface area contributed by atoms with Gasteiger partial charge >= 0.3 is 0 Å². The van der Waals surface area contributed by atoms with Crippen LogP contribution in [0.5, 0.6) is 0 Å². The molecule has 1 aliphatic heterocycles. The van der Waals surface area contributed by atoms with Gasteiger partial charge in [0.25, 0.3) is 5.91 Å². The molecule has 0 atom stereocenters. The third-order valence-electron chi connectivity index (χ3n) is 3.90. The minimum atomic E-state index is 0.0941. The predicted molar refractivity (Wildman–Crippen MR) is 83.4 cm³/mol. The van der Waals surface area contributed by atoms with E-state index in [0.717, 1.165) is 44.6 Å². The summed E-state index contributed by atoms with van der Waals surface area (Å²) in [6.07, 6.45) is 2.30. The molecule has 0 spiro atoms. The van der Waals surface area contributed by atoms with Gasteiger partial charge in [0.2, 0.25) is 0 Å². The van der Waals surface area contributed by atoms with Gasteiger partial charge in [-0.1, -0.05) is 11.6 Å². The smallest absolute Gasteiger partial charge is 0.253 e. The molecule has 4 heteroatoms. The van der Waals surface area contributed by atoms with Crippen molar-refractivity contribution in [3.8, 4) is 0 Å². The van der Waals surface area contributed by atoms with Crippen molar-refractivity contribution in [2.24, 2.45) is 5.92 Å². The van der Waals surface area contributed by atoms with E-state index in [4.69, 9.17) is 11.6 Å². The molecule has 0 bridgehead atoms. The number of nitrogens with zero attached hydrogens (tertiary/aromatic N) is 1. The molecule has 110 valence electrons. The SMILES string of the molecule is CCN(CC1CCNCC1)C(=O)c1cc(C)cc(Cl)c1. The predicted octanol–water partition coefficient (Wildman–Crippen LogP) is 3.11. The van der Waals surface area contributed by atoms with E-state index in [1.165, 1.54) is 0 Å². The number of carbonyl (C=O) groups excluding carboxylic acids is 1. The first-order valence-corrected chi connectivity index (χ1v) is 7.75. The zero-order chi connectivity index (χ0) is 14.5. The van der Waals surface area contributed by atoms with Gasteiger partial charge < -0.3 is 10.2 Å². The van der Waals surface area contributed by atoms with Crippen molar-refractivity contribution in [1.82, 2.24) is 10.2 Å². The van der Waals surface area contributed by atoms with Crippen LogP contribution in [-0.2, 0) is 0 Å². The Morgan fingerprint density at radius 3 is 2.65 bits per heavy atom. The molecule has 1 aliphatic rings. The highest BCUT2D eigenvalue weighted by Crippen LogP contribution is 2.19. The van der Waals surface area contributed by atoms with Gasteiger partial charge in [-0.3, -0.25) is 4.79 Å². The molecule has 1 amide bonds. The molecule has 3 nitrogen and oxygen atoms in total. The van der Waals surface area contributed by atoms with Crippen molar-refractivity contribution in [3.05, 3.63) is 34.3 Å². The normalized spacial score (nSPS) is 16.1. The molecule has 0 aliphatic carbocycles. The zero-order valence-electron chi connectivity index (χ0n) is 12.3. The lowest BCUT2D eigenvalue weighted by Crippen LogP contribution is -2.39. The largest absolute Gasteiger partial charge is 0.339 e. The molecule has 1 heterocycles. The van der Waals surface area contributed by atoms with Crippen LogP contribution in [0.4, 0.5) is 0 Å². The summed E-state index contributed by atoms with van der Waals surface area (Å²) in [5, 5.41) is 3.99. The molecule has 2 rings (SSSR count). The summed E-state index contributed by atoms with van der Waals surface area (Å²) >= 11 is 6.05. The molecule has 0 aromatic heterocycles. The van der Waals surface area contributed by atoms with Crippen molar-refractivity contribution < 1.29 is 4.79 Å². The minimum absolute atomic E-state index is 0.0941. The Hall–Kier alpha value is -1.06. The lowest BCUT2D eigenvalue weighted by atomic mass is 9.97. The molecule has 1 aromatic carbocycles. The average molecular weight is 295 g/mol. The second kappa shape index (κ2) is 7.09. The molecule has 20 heavy (non-hydrogen) atoms. The maximum absolute atomic E-state index is 12.6. The zero-order valence-corrected chi connectivity index (χ0v) is 13.0. The lowest BCUT2D eigenvalue weighted by Gasteiger charge is -2.29. The van der Waals surface area contributed by atoms with Crippen LogP contribution in [-0.4, -0.2) is 37.0 Å². The quantitative estimate of drug-likeness (QED) is 0.925. The van der Waals surface area contributed by atoms with E-state index in [0.29, 0.717) is 16.5 Å². The number of hydrogen-bond acceptors (Lipinski definition) is 2. The highest BCUT2D eigenvalue weighted by atomic mass is 35.5. The summed E-state index contributed by atoms with van der Waals surface area (Å²) in [5.41, 5.74) is 1.73. The van der Waals surface area contributed by atoms with E-state index < -0.39 is 0 Å². The number of benzene rings is 1. The summed E-state index contributed by atoms with van der Waals surface area (Å²) in [7, 11) is 0. The summed E-state index contributed by atoms with van der Waals surface area (Å²) in [6, 6.07) is 5.56. The second-order valence-electron chi connectivity index (χ2n) is 5.55. The van der Waals surface area contributed by atoms with E-state index in [9.17, 15) is 4.79 Å². The number of nitrogens with one attached hydrogen (secondary N) is 1. The molecular weight excluding hydrogens is 272 g/mol. The van der Waals surface area contributed by atoms with Gasteiger partial charge in [0.15, 0.2) is 0 Å². The van der Waals surface area contributed by atoms with Crippen LogP contribution in [0.2, 0.25) is 5.02 Å². The molecule has 1 fully saturated rings. The maximum atomic E-state index is 12.6. The number of piperidine rings is 1. The van der Waals surface area contributed by atoms with Crippen LogP contribution in [0, 0.1) is 12.8 Å². The summed E-state index contributed by atoms with van der Waals surface area (Å²) in [4.78, 5) is 14.6. The van der Waals surface area contributed by atoms with Crippen molar-refractivity contribution in [2.75, 3.05) is 26.2 Å². The summed E-state index contributed by atoms with van der Waals surface area (Å²) in [6.45, 7) is 7.72. The Kier molecular flexibility index (Phi) is 5.44. The highest BCUT2D eigenvalue weighted by Gasteiger charge is 2.21.